The van der Waals surface area contributed by atoms with Crippen LogP contribution in [-0.4, -0.2) is 135 Å². The zero-order valence-corrected chi connectivity index (χ0v) is 31.1. The maximum atomic E-state index is 14.2. The van der Waals surface area contributed by atoms with Crippen molar-refractivity contribution in [2.75, 3.05) is 61.0 Å². The number of carbonyl (C=O) groups excluding carboxylic acids is 2. The molecule has 1 N–H and O–H groups in total. The van der Waals surface area contributed by atoms with Crippen LogP contribution in [0.4, 0.5) is 0 Å². The average molecular weight is 654 g/mol. The summed E-state index contributed by atoms with van der Waals surface area (Å²) in [6, 6.07) is -0.116. The van der Waals surface area contributed by atoms with Gasteiger partial charge in [-0.1, -0.05) is 27.7 Å². The molecule has 3 heterocycles. The zero-order chi connectivity index (χ0) is 34.6. The van der Waals surface area contributed by atoms with Gasteiger partial charge >= 0.3 is 5.97 Å². The summed E-state index contributed by atoms with van der Waals surface area (Å²) < 4.78 is 25.1. The molecule has 3 saturated heterocycles. The molecule has 10 heteroatoms. The van der Waals surface area contributed by atoms with Gasteiger partial charge in [-0.2, -0.15) is 0 Å². The molecule has 46 heavy (non-hydrogen) atoms. The van der Waals surface area contributed by atoms with Crippen molar-refractivity contribution < 1.29 is 33.6 Å². The van der Waals surface area contributed by atoms with Gasteiger partial charge in [0.15, 0.2) is 12.1 Å². The third-order valence-corrected chi connectivity index (χ3v) is 10.9. The minimum absolute atomic E-state index is 0.0493. The Labute approximate surface area is 279 Å². The number of piperidine rings is 1. The van der Waals surface area contributed by atoms with E-state index in [1.807, 2.05) is 32.8 Å². The Kier molecular flexibility index (Phi) is 14.1. The summed E-state index contributed by atoms with van der Waals surface area (Å²) in [4.78, 5) is 34.8. The number of methoxy groups -OCH3 is 1. The van der Waals surface area contributed by atoms with Crippen LogP contribution < -0.4 is 0 Å². The molecule has 3 rings (SSSR count). The van der Waals surface area contributed by atoms with Crippen LogP contribution in [0.15, 0.2) is 0 Å². The summed E-state index contributed by atoms with van der Waals surface area (Å²) in [7, 11) is 7.64. The molecule has 10 nitrogen and oxygen atoms in total. The predicted octanol–water partition coefficient (Wildman–Crippen LogP) is 4.08. The van der Waals surface area contributed by atoms with E-state index in [0.717, 1.165) is 45.4 Å². The minimum atomic E-state index is -1.40. The highest BCUT2D eigenvalue weighted by Crippen LogP contribution is 2.38. The van der Waals surface area contributed by atoms with Gasteiger partial charge < -0.3 is 33.9 Å². The Morgan fingerprint density at radius 2 is 1.72 bits per heavy atom. The molecule has 0 saturated carbocycles. The molecule has 0 aromatic carbocycles. The van der Waals surface area contributed by atoms with Gasteiger partial charge in [-0.3, -0.25) is 14.5 Å². The predicted molar refractivity (Wildman–Crippen MR) is 180 cm³/mol. The number of hydrogen-bond donors (Lipinski definition) is 1. The lowest BCUT2D eigenvalue weighted by atomic mass is 9.74. The normalized spacial score (nSPS) is 38.3. The fourth-order valence-electron chi connectivity index (χ4n) is 8.14. The first-order valence-corrected chi connectivity index (χ1v) is 17.7. The van der Waals surface area contributed by atoms with E-state index >= 15 is 0 Å². The van der Waals surface area contributed by atoms with Crippen LogP contribution in [0.3, 0.4) is 0 Å². The highest BCUT2D eigenvalue weighted by atomic mass is 16.7. The van der Waals surface area contributed by atoms with E-state index in [1.165, 1.54) is 0 Å². The number of likely N-dealkylation sites (N-methyl/N-ethyl adjacent to an activating group) is 2. The van der Waals surface area contributed by atoms with E-state index in [1.54, 1.807) is 27.9 Å². The SMILES string of the molecule is CO[C@]1(C)C[C@@H](C)CN(C)[C@H](CC2CCN(CC(C)C)CC2)COC(=O)C(C)(C)C(=O)[C@H](C)[C@H]1O[C@@H]1O[C@H](C)C[C@H](N(C)C)[C@H]1O. The van der Waals surface area contributed by atoms with Crippen LogP contribution in [0, 0.1) is 29.1 Å². The third kappa shape index (κ3) is 9.73. The number of nitrogens with zero attached hydrogens (tertiary/aromatic N) is 3. The van der Waals surface area contributed by atoms with Gasteiger partial charge in [0, 0.05) is 38.2 Å². The van der Waals surface area contributed by atoms with Crippen molar-refractivity contribution in [3.63, 3.8) is 0 Å². The zero-order valence-electron chi connectivity index (χ0n) is 31.1. The van der Waals surface area contributed by atoms with Crippen molar-refractivity contribution in [3.8, 4) is 0 Å². The van der Waals surface area contributed by atoms with Gasteiger partial charge in [0.1, 0.15) is 18.1 Å². The lowest BCUT2D eigenvalue weighted by Crippen LogP contribution is -2.59. The van der Waals surface area contributed by atoms with E-state index in [9.17, 15) is 14.7 Å². The first-order valence-electron chi connectivity index (χ1n) is 17.7. The number of carbonyl (C=O) groups is 2. The van der Waals surface area contributed by atoms with Crippen LogP contribution in [0.2, 0.25) is 0 Å². The molecule has 0 aromatic heterocycles. The van der Waals surface area contributed by atoms with Crippen molar-refractivity contribution in [1.82, 2.24) is 14.7 Å². The number of ketones is 1. The number of likely N-dealkylation sites (tertiary alicyclic amines) is 1. The molecule has 3 aliphatic heterocycles. The van der Waals surface area contributed by atoms with Gasteiger partial charge in [-0.15, -0.1) is 0 Å². The molecule has 0 unspecified atom stereocenters. The second kappa shape index (κ2) is 16.5. The number of rotatable bonds is 8. The maximum Gasteiger partial charge on any atom is 0.319 e. The van der Waals surface area contributed by atoms with Crippen LogP contribution in [0.25, 0.3) is 0 Å². The van der Waals surface area contributed by atoms with E-state index in [2.05, 4.69) is 37.6 Å². The fraction of sp³-hybridized carbons (Fsp3) is 0.944. The molecule has 0 bridgehead atoms. The summed E-state index contributed by atoms with van der Waals surface area (Å²) in [5.74, 6) is -0.135. The molecule has 9 atom stereocenters. The van der Waals surface area contributed by atoms with Gasteiger partial charge in [0.25, 0.3) is 0 Å². The molecule has 268 valence electrons. The second-order valence-corrected chi connectivity index (χ2v) is 16.3. The largest absolute Gasteiger partial charge is 0.463 e. The Bertz CT molecular complexity index is 985. The minimum Gasteiger partial charge on any atom is -0.463 e. The summed E-state index contributed by atoms with van der Waals surface area (Å²) >= 11 is 0. The molecule has 3 fully saturated rings. The summed E-state index contributed by atoms with van der Waals surface area (Å²) in [6.45, 7) is 20.2. The first kappa shape index (κ1) is 39.3. The smallest absolute Gasteiger partial charge is 0.319 e. The number of aliphatic hydroxyl groups is 1. The molecule has 0 radical (unpaired) electrons. The van der Waals surface area contributed by atoms with E-state index in [0.29, 0.717) is 24.7 Å². The summed E-state index contributed by atoms with van der Waals surface area (Å²) in [5, 5.41) is 11.3. The van der Waals surface area contributed by atoms with Gasteiger partial charge in [0.2, 0.25) is 0 Å². The molecule has 0 amide bonds. The van der Waals surface area contributed by atoms with E-state index in [4.69, 9.17) is 18.9 Å². The van der Waals surface area contributed by atoms with Crippen molar-refractivity contribution in [2.24, 2.45) is 29.1 Å². The van der Waals surface area contributed by atoms with Crippen molar-refractivity contribution in [2.45, 2.75) is 130 Å². The van der Waals surface area contributed by atoms with Crippen molar-refractivity contribution in [1.29, 1.82) is 0 Å². The lowest BCUT2D eigenvalue weighted by Gasteiger charge is -2.47. The van der Waals surface area contributed by atoms with Crippen LogP contribution >= 0.6 is 0 Å². The van der Waals surface area contributed by atoms with Gasteiger partial charge in [-0.25, -0.2) is 0 Å². The Morgan fingerprint density at radius 3 is 2.28 bits per heavy atom. The lowest BCUT2D eigenvalue weighted by molar-refractivity contribution is -0.295. The number of cyclic esters (lactones) is 1. The monoisotopic (exact) mass is 653 g/mol. The van der Waals surface area contributed by atoms with Crippen molar-refractivity contribution in [3.05, 3.63) is 0 Å². The van der Waals surface area contributed by atoms with Crippen LogP contribution in [0.5, 0.6) is 0 Å². The number of hydrogen-bond acceptors (Lipinski definition) is 10. The highest BCUT2D eigenvalue weighted by Gasteiger charge is 2.51. The number of esters is 1. The van der Waals surface area contributed by atoms with E-state index < -0.39 is 41.4 Å². The molecule has 0 aromatic rings. The molecular weight excluding hydrogens is 586 g/mol. The molecule has 0 spiro atoms. The van der Waals surface area contributed by atoms with E-state index in [-0.39, 0.29) is 36.5 Å². The topological polar surface area (TPSA) is 101 Å². The Morgan fingerprint density at radius 1 is 1.09 bits per heavy atom. The second-order valence-electron chi connectivity index (χ2n) is 16.3. The van der Waals surface area contributed by atoms with Gasteiger partial charge in [-0.05, 0) is 112 Å². The molecule has 3 aliphatic rings. The number of ether oxygens (including phenoxy) is 4. The highest BCUT2D eigenvalue weighted by molar-refractivity contribution is 6.04. The van der Waals surface area contributed by atoms with Crippen LogP contribution in [-0.2, 0) is 28.5 Å². The Hall–Kier alpha value is -1.14. The fourth-order valence-corrected chi connectivity index (χ4v) is 8.14. The van der Waals surface area contributed by atoms with Crippen LogP contribution in [0.1, 0.15) is 87.5 Å². The van der Waals surface area contributed by atoms with Gasteiger partial charge in [0.05, 0.1) is 17.8 Å². The summed E-state index contributed by atoms with van der Waals surface area (Å²) in [5.41, 5.74) is -2.30. The first-order chi connectivity index (χ1) is 21.4. The Balaban J connectivity index is 1.89. The van der Waals surface area contributed by atoms with Crippen molar-refractivity contribution >= 4 is 11.8 Å². The third-order valence-electron chi connectivity index (χ3n) is 10.9. The maximum absolute atomic E-state index is 14.2. The molecule has 0 aliphatic carbocycles. The standard InChI is InChI=1S/C36H67N3O7/c1-23(2)20-39-15-13-27(14-16-39)18-28-22-44-34(42)35(6,7)31(41)26(5)32(36(8,43-12)19-24(3)21-38(28)11)46-33-30(40)29(37(9)10)17-25(4)45-33/h23-30,32-33,40H,13-22H2,1-12H3/t24-,25-,26+,28-,29+,30-,32-,33+,36-/m1/s1. The summed E-state index contributed by atoms with van der Waals surface area (Å²) in [6.07, 6.45) is 1.71. The number of Topliss-reactive ketones (excluding diaryl/α,β-unsaturated/α-hetero) is 1. The average Bonchev–Trinajstić information content (AvgIpc) is 2.98. The number of aliphatic hydroxyl groups excluding tert-OH is 1. The quantitative estimate of drug-likeness (QED) is 0.305. The molecular formula is C36H67N3O7.